The molecule has 8 heteroatoms. The van der Waals surface area contributed by atoms with Gasteiger partial charge in [0.25, 0.3) is 0 Å². The molecule has 0 fully saturated rings. The molecule has 0 amide bonds. The lowest BCUT2D eigenvalue weighted by atomic mass is 9.36. The summed E-state index contributed by atoms with van der Waals surface area (Å²) in [4.78, 5) is 19.2. The second-order valence-corrected chi connectivity index (χ2v) is 20.9. The molecule has 4 aliphatic rings. The smallest absolute Gasteiger partial charge is 0.239 e. The summed E-state index contributed by atoms with van der Waals surface area (Å²) < 4.78 is 0. The summed E-state index contributed by atoms with van der Waals surface area (Å²) in [7, 11) is 0. The minimum absolute atomic E-state index is 0.0367. The van der Waals surface area contributed by atoms with Crippen molar-refractivity contribution in [2.45, 2.75) is 39.4 Å². The molecule has 2 nitrogen and oxygen atoms in total. The molecule has 0 N–H and O–H groups in total. The first-order chi connectivity index (χ1) is 31.7. The lowest BCUT2D eigenvalue weighted by molar-refractivity contribution is 1.09. The zero-order valence-electron chi connectivity index (χ0n) is 34.2. The third-order valence-electron chi connectivity index (χ3n) is 13.2. The lowest BCUT2D eigenvalue weighted by Crippen LogP contribution is -2.59. The summed E-state index contributed by atoms with van der Waals surface area (Å²) in [6, 6.07) is 71.4. The van der Waals surface area contributed by atoms with Crippen molar-refractivity contribution in [2.75, 3.05) is 0 Å². The van der Waals surface area contributed by atoms with Crippen molar-refractivity contribution >= 4 is 104 Å². The van der Waals surface area contributed by atoms with Gasteiger partial charge in [0.2, 0.25) is 13.4 Å². The van der Waals surface area contributed by atoms with Gasteiger partial charge in [-0.15, -0.1) is 0 Å². The number of aromatic nitrogens is 2. The fourth-order valence-corrected chi connectivity index (χ4v) is 15.1. The van der Waals surface area contributed by atoms with E-state index in [4.69, 9.17) is 9.97 Å². The number of nitrogens with zero attached hydrogens (tertiary/aromatic N) is 2. The van der Waals surface area contributed by atoms with Crippen LogP contribution in [0.5, 0.6) is 0 Å². The van der Waals surface area contributed by atoms with E-state index in [2.05, 4.69) is 194 Å². The third-order valence-corrected chi connectivity index (χ3v) is 17.7. The maximum absolute atomic E-state index is 5.82. The molecule has 0 radical (unpaired) electrons. The highest BCUT2D eigenvalue weighted by Crippen LogP contribution is 2.47. The third kappa shape index (κ3) is 5.82. The number of rotatable bonds is 4. The molecule has 0 unspecified atom stereocenters. The molecule has 6 heterocycles. The van der Waals surface area contributed by atoms with Gasteiger partial charge < -0.3 is 0 Å². The van der Waals surface area contributed by atoms with E-state index in [1.165, 1.54) is 107 Å². The summed E-state index contributed by atoms with van der Waals surface area (Å²) >= 11 is 7.44. The van der Waals surface area contributed by atoms with Gasteiger partial charge in [0.1, 0.15) is 11.0 Å². The van der Waals surface area contributed by atoms with Gasteiger partial charge in [-0.2, -0.15) is 0 Å². The van der Waals surface area contributed by atoms with Crippen LogP contribution >= 0.6 is 47.0 Å². The van der Waals surface area contributed by atoms with E-state index in [0.29, 0.717) is 0 Å². The van der Waals surface area contributed by atoms with Crippen LogP contribution in [0.3, 0.4) is 0 Å². The Bertz CT molecular complexity index is 3310. The first-order valence-electron chi connectivity index (χ1n) is 21.6. The van der Waals surface area contributed by atoms with E-state index in [0.717, 1.165) is 21.1 Å². The van der Waals surface area contributed by atoms with Gasteiger partial charge in [-0.1, -0.05) is 239 Å². The van der Waals surface area contributed by atoms with Crippen molar-refractivity contribution in [2.24, 2.45) is 0 Å². The standard InChI is InChI=1S/C56H32B2N2S4/c1-5-13-33(14-6-1)37-21-25-41-45(29-37)61-53-49-55(63-47-31-39(23-27-43(47)57(41)49)35-17-9-3-10-18-35)60-52-51(53)59-56-50-54(52)62-46-30-38(34-15-7-2-8-16-34)22-26-42(46)58(50)44-28-24-40(32-48(44)64-56)36-19-11-4-12-20-36/h1-32H. The Hall–Kier alpha value is -6.15. The Kier molecular flexibility index (Phi) is 8.55. The van der Waals surface area contributed by atoms with Crippen molar-refractivity contribution in [1.29, 1.82) is 0 Å². The molecule has 14 rings (SSSR count). The van der Waals surface area contributed by atoms with E-state index in [9.17, 15) is 0 Å². The van der Waals surface area contributed by atoms with Crippen LogP contribution in [0.4, 0.5) is 0 Å². The van der Waals surface area contributed by atoms with Crippen LogP contribution in [0.1, 0.15) is 0 Å². The topological polar surface area (TPSA) is 25.8 Å². The van der Waals surface area contributed by atoms with Crippen molar-refractivity contribution in [3.63, 3.8) is 0 Å². The monoisotopic (exact) mass is 882 g/mol. The van der Waals surface area contributed by atoms with Crippen molar-refractivity contribution in [3.8, 4) is 44.5 Å². The van der Waals surface area contributed by atoms with Crippen LogP contribution in [0.15, 0.2) is 234 Å². The molecule has 4 aliphatic heterocycles. The number of benzene rings is 8. The van der Waals surface area contributed by atoms with Crippen molar-refractivity contribution in [3.05, 3.63) is 194 Å². The van der Waals surface area contributed by atoms with Gasteiger partial charge >= 0.3 is 0 Å². The quantitative estimate of drug-likeness (QED) is 0.163. The van der Waals surface area contributed by atoms with E-state index in [1.54, 1.807) is 0 Å². The van der Waals surface area contributed by atoms with Crippen LogP contribution in [0.2, 0.25) is 0 Å². The highest BCUT2D eigenvalue weighted by Gasteiger charge is 2.44. The maximum Gasteiger partial charge on any atom is 0.249 e. The molecular weight excluding hydrogens is 851 g/mol. The second-order valence-electron chi connectivity index (χ2n) is 16.8. The Morgan fingerprint density at radius 1 is 0.281 bits per heavy atom. The average molecular weight is 883 g/mol. The summed E-state index contributed by atoms with van der Waals surface area (Å²) in [5.74, 6) is 0. The summed E-state index contributed by atoms with van der Waals surface area (Å²) in [6.45, 7) is 0.0733. The molecule has 64 heavy (non-hydrogen) atoms. The fraction of sp³-hybridized carbons (Fsp3) is 0. The average Bonchev–Trinajstić information content (AvgIpc) is 3.36. The van der Waals surface area contributed by atoms with Gasteiger partial charge in [-0.05, 0) is 79.7 Å². The molecule has 296 valence electrons. The molecule has 0 aliphatic carbocycles. The molecule has 10 aromatic rings. The first kappa shape index (κ1) is 37.2. The second kappa shape index (κ2) is 14.7. The minimum Gasteiger partial charge on any atom is -0.239 e. The molecular formula is C56H32B2N2S4. The van der Waals surface area contributed by atoms with Gasteiger partial charge in [-0.3, -0.25) is 0 Å². The fourth-order valence-electron chi connectivity index (χ4n) is 10.1. The number of pyridine rings is 2. The Morgan fingerprint density at radius 2 is 0.562 bits per heavy atom. The predicted molar refractivity (Wildman–Crippen MR) is 273 cm³/mol. The zero-order valence-corrected chi connectivity index (χ0v) is 37.4. The maximum atomic E-state index is 5.82. The Labute approximate surface area is 389 Å². The van der Waals surface area contributed by atoms with Gasteiger partial charge in [0.05, 0.1) is 10.1 Å². The molecule has 0 saturated carbocycles. The van der Waals surface area contributed by atoms with Crippen molar-refractivity contribution in [1.82, 2.24) is 9.97 Å². The van der Waals surface area contributed by atoms with Crippen LogP contribution in [-0.4, -0.2) is 23.4 Å². The van der Waals surface area contributed by atoms with Gasteiger partial charge in [0, 0.05) is 29.4 Å². The Morgan fingerprint density at radius 3 is 0.859 bits per heavy atom. The molecule has 0 atom stereocenters. The lowest BCUT2D eigenvalue weighted by Gasteiger charge is -2.36. The van der Waals surface area contributed by atoms with Gasteiger partial charge in [0.15, 0.2) is 0 Å². The largest absolute Gasteiger partial charge is 0.249 e. The molecule has 0 spiro atoms. The molecule has 8 aromatic carbocycles. The number of hydrogen-bond donors (Lipinski definition) is 0. The van der Waals surface area contributed by atoms with E-state index in [1.807, 2.05) is 47.0 Å². The van der Waals surface area contributed by atoms with Gasteiger partial charge in [-0.25, -0.2) is 9.97 Å². The number of hydrogen-bond acceptors (Lipinski definition) is 6. The SMILES string of the molecule is c1ccc(-c2ccc3c(c2)Sc2nc4c5c6c(nc4c4c2B3c2ccc(-c3ccccc3)cc2S4)Sc2cc(-c3ccccc3)ccc2B6c2ccc(-c3ccccc3)cc2S5)cc1. The van der Waals surface area contributed by atoms with Crippen LogP contribution in [-0.2, 0) is 0 Å². The molecule has 0 bridgehead atoms. The van der Waals surface area contributed by atoms with Crippen LogP contribution in [0.25, 0.3) is 55.5 Å². The Balaban J connectivity index is 1.02. The van der Waals surface area contributed by atoms with E-state index in [-0.39, 0.29) is 13.4 Å². The van der Waals surface area contributed by atoms with Crippen molar-refractivity contribution < 1.29 is 0 Å². The number of fused-ring (bicyclic) bond motifs is 11. The van der Waals surface area contributed by atoms with E-state index < -0.39 is 0 Å². The van der Waals surface area contributed by atoms with Crippen LogP contribution in [0, 0.1) is 0 Å². The highest BCUT2D eigenvalue weighted by molar-refractivity contribution is 8.02. The molecule has 2 aromatic heterocycles. The predicted octanol–water partition coefficient (Wildman–Crippen LogP) is 11.2. The zero-order chi connectivity index (χ0) is 41.9. The summed E-state index contributed by atoms with van der Waals surface area (Å²) in [5, 5.41) is 2.18. The minimum atomic E-state index is 0.0367. The summed E-state index contributed by atoms with van der Waals surface area (Å²) in [6.07, 6.45) is 0. The normalized spacial score (nSPS) is 13.6. The molecule has 0 saturated heterocycles. The highest BCUT2D eigenvalue weighted by atomic mass is 32.2. The van der Waals surface area contributed by atoms with E-state index >= 15 is 0 Å². The van der Waals surface area contributed by atoms with Crippen LogP contribution < -0.4 is 32.8 Å². The summed E-state index contributed by atoms with van der Waals surface area (Å²) in [5.41, 5.74) is 19.7. The first-order valence-corrected chi connectivity index (χ1v) is 24.9.